The Morgan fingerprint density at radius 3 is 2.31 bits per heavy atom. The van der Waals surface area contributed by atoms with Crippen LogP contribution in [0.4, 0.5) is 0 Å². The van der Waals surface area contributed by atoms with E-state index in [1.165, 1.54) is 44.4 Å². The molecule has 0 bridgehead atoms. The normalized spacial score (nSPS) is 11.3. The lowest BCUT2D eigenvalue weighted by atomic mass is 10.1. The van der Waals surface area contributed by atoms with Gasteiger partial charge in [-0.15, -0.1) is 0 Å². The molecule has 0 aliphatic rings. The summed E-state index contributed by atoms with van der Waals surface area (Å²) in [6, 6.07) is 16.1. The highest BCUT2D eigenvalue weighted by Gasteiger charge is 2.19. The number of nitrogens with zero attached hydrogens (tertiary/aromatic N) is 2. The van der Waals surface area contributed by atoms with Crippen molar-refractivity contribution >= 4 is 21.8 Å². The van der Waals surface area contributed by atoms with Crippen molar-refractivity contribution in [2.45, 2.75) is 4.90 Å². The lowest BCUT2D eigenvalue weighted by Gasteiger charge is -2.12. The maximum atomic E-state index is 12.3. The number of aromatic nitrogens is 1. The molecule has 0 fully saturated rings. The van der Waals surface area contributed by atoms with Crippen molar-refractivity contribution in [1.29, 1.82) is 0 Å². The second-order valence-electron chi connectivity index (χ2n) is 6.17. The molecule has 1 heterocycles. The minimum absolute atomic E-state index is 0.0378. The van der Waals surface area contributed by atoms with Crippen molar-refractivity contribution in [1.82, 2.24) is 20.3 Å². The number of amides is 2. The average molecular weight is 414 g/mol. The topological polar surface area (TPSA) is 122 Å². The summed E-state index contributed by atoms with van der Waals surface area (Å²) in [5.41, 5.74) is 5.75. The second kappa shape index (κ2) is 8.25. The lowest BCUT2D eigenvalue weighted by molar-refractivity contribution is 0.0825. The Balaban J connectivity index is 1.67. The zero-order chi connectivity index (χ0) is 21.0. The van der Waals surface area contributed by atoms with E-state index >= 15 is 0 Å². The van der Waals surface area contributed by atoms with E-state index in [4.69, 9.17) is 4.52 Å². The molecule has 9 nitrogen and oxygen atoms in total. The fourth-order valence-electron chi connectivity index (χ4n) is 2.38. The summed E-state index contributed by atoms with van der Waals surface area (Å²) in [7, 11) is -0.904. The van der Waals surface area contributed by atoms with E-state index in [0.29, 0.717) is 5.69 Å². The number of carbonyl (C=O) groups is 2. The number of hydrogen-bond acceptors (Lipinski definition) is 6. The van der Waals surface area contributed by atoms with Crippen molar-refractivity contribution in [2.24, 2.45) is 0 Å². The van der Waals surface area contributed by atoms with Crippen LogP contribution in [-0.4, -0.2) is 43.8 Å². The van der Waals surface area contributed by atoms with Crippen LogP contribution in [0.15, 0.2) is 70.1 Å². The van der Waals surface area contributed by atoms with E-state index in [0.717, 1.165) is 9.87 Å². The van der Waals surface area contributed by atoms with Crippen LogP contribution in [0.5, 0.6) is 0 Å². The highest BCUT2D eigenvalue weighted by molar-refractivity contribution is 7.89. The molecular weight excluding hydrogens is 396 g/mol. The van der Waals surface area contributed by atoms with E-state index in [9.17, 15) is 18.0 Å². The first-order valence-corrected chi connectivity index (χ1v) is 9.88. The van der Waals surface area contributed by atoms with Crippen LogP contribution in [0.25, 0.3) is 11.3 Å². The molecule has 2 aromatic carbocycles. The molecule has 0 aliphatic heterocycles. The Morgan fingerprint density at radius 2 is 1.62 bits per heavy atom. The van der Waals surface area contributed by atoms with Gasteiger partial charge in [0.05, 0.1) is 4.90 Å². The second-order valence-corrected chi connectivity index (χ2v) is 8.32. The Hall–Kier alpha value is -3.50. The molecule has 0 aliphatic carbocycles. The first-order chi connectivity index (χ1) is 13.8. The minimum Gasteiger partial charge on any atom is -0.350 e. The number of hydrogen-bond donors (Lipinski definition) is 2. The predicted octanol–water partition coefficient (Wildman–Crippen LogP) is 1.67. The van der Waals surface area contributed by atoms with Crippen LogP contribution in [0.3, 0.4) is 0 Å². The third kappa shape index (κ3) is 4.50. The zero-order valence-electron chi connectivity index (χ0n) is 15.6. The van der Waals surface area contributed by atoms with E-state index in [1.54, 1.807) is 0 Å². The zero-order valence-corrected chi connectivity index (χ0v) is 16.4. The van der Waals surface area contributed by atoms with Crippen molar-refractivity contribution < 1.29 is 22.5 Å². The third-order valence-electron chi connectivity index (χ3n) is 3.97. The van der Waals surface area contributed by atoms with E-state index < -0.39 is 21.8 Å². The van der Waals surface area contributed by atoms with E-state index in [2.05, 4.69) is 16.0 Å². The summed E-state index contributed by atoms with van der Waals surface area (Å²) < 4.78 is 30.4. The molecule has 3 rings (SSSR count). The van der Waals surface area contributed by atoms with Crippen LogP contribution in [0.2, 0.25) is 0 Å². The quantitative estimate of drug-likeness (QED) is 0.613. The van der Waals surface area contributed by atoms with E-state index in [-0.39, 0.29) is 16.2 Å². The van der Waals surface area contributed by atoms with Gasteiger partial charge in [0.2, 0.25) is 15.8 Å². The average Bonchev–Trinajstić information content (AvgIpc) is 3.23. The molecule has 0 saturated carbocycles. The molecule has 3 aromatic rings. The SMILES string of the molecule is CN(C)S(=O)(=O)c1cccc(C(=O)NNC(=O)c2cc(-c3ccccc3)no2)c1. The highest BCUT2D eigenvalue weighted by atomic mass is 32.2. The van der Waals surface area contributed by atoms with E-state index in [1.807, 2.05) is 30.3 Å². The maximum absolute atomic E-state index is 12.3. The van der Waals surface area contributed by atoms with Gasteiger partial charge in [0, 0.05) is 31.3 Å². The van der Waals surface area contributed by atoms with Gasteiger partial charge in [-0.2, -0.15) is 0 Å². The monoisotopic (exact) mass is 414 g/mol. The van der Waals surface area contributed by atoms with Crippen LogP contribution in [0, 0.1) is 0 Å². The minimum atomic E-state index is -3.69. The Bertz CT molecular complexity index is 1140. The van der Waals surface area contributed by atoms with Gasteiger partial charge in [-0.1, -0.05) is 41.6 Å². The third-order valence-corrected chi connectivity index (χ3v) is 5.78. The molecule has 0 atom stereocenters. The summed E-state index contributed by atoms with van der Waals surface area (Å²) in [6.07, 6.45) is 0. The number of rotatable bonds is 5. The molecule has 0 saturated heterocycles. The molecule has 0 unspecified atom stereocenters. The number of hydrazine groups is 1. The molecule has 150 valence electrons. The molecule has 2 amide bonds. The molecular formula is C19H18N4O5S. The Morgan fingerprint density at radius 1 is 0.931 bits per heavy atom. The van der Waals surface area contributed by atoms with Crippen LogP contribution < -0.4 is 10.9 Å². The Kier molecular flexibility index (Phi) is 5.76. The summed E-state index contributed by atoms with van der Waals surface area (Å²) in [6.45, 7) is 0. The number of carbonyl (C=O) groups excluding carboxylic acids is 2. The van der Waals surface area contributed by atoms with Gasteiger partial charge in [0.1, 0.15) is 5.69 Å². The van der Waals surface area contributed by atoms with Gasteiger partial charge in [-0.25, -0.2) is 12.7 Å². The van der Waals surface area contributed by atoms with Crippen molar-refractivity contribution in [3.8, 4) is 11.3 Å². The lowest BCUT2D eigenvalue weighted by Crippen LogP contribution is -2.41. The van der Waals surface area contributed by atoms with Crippen LogP contribution in [0.1, 0.15) is 20.9 Å². The van der Waals surface area contributed by atoms with Crippen LogP contribution in [-0.2, 0) is 10.0 Å². The van der Waals surface area contributed by atoms with Gasteiger partial charge in [0.25, 0.3) is 5.91 Å². The van der Waals surface area contributed by atoms with Gasteiger partial charge >= 0.3 is 5.91 Å². The number of sulfonamides is 1. The van der Waals surface area contributed by atoms with Crippen LogP contribution >= 0.6 is 0 Å². The summed E-state index contributed by atoms with van der Waals surface area (Å²) >= 11 is 0. The Labute approximate surface area is 167 Å². The molecule has 1 aromatic heterocycles. The first-order valence-electron chi connectivity index (χ1n) is 8.44. The van der Waals surface area contributed by atoms with Crippen molar-refractivity contribution in [2.75, 3.05) is 14.1 Å². The fourth-order valence-corrected chi connectivity index (χ4v) is 3.33. The maximum Gasteiger partial charge on any atom is 0.308 e. The summed E-state index contributed by atoms with van der Waals surface area (Å²) in [4.78, 5) is 24.4. The smallest absolute Gasteiger partial charge is 0.308 e. The molecule has 0 radical (unpaired) electrons. The van der Waals surface area contributed by atoms with Crippen molar-refractivity contribution in [3.63, 3.8) is 0 Å². The number of benzene rings is 2. The first kappa shape index (κ1) is 20.2. The van der Waals surface area contributed by atoms with Gasteiger partial charge < -0.3 is 4.52 Å². The fraction of sp³-hybridized carbons (Fsp3) is 0.105. The standard InChI is InChI=1S/C19H18N4O5S/c1-23(2)29(26,27)15-10-6-9-14(11-15)18(24)20-21-19(25)17-12-16(22-28-17)13-7-4-3-5-8-13/h3-12H,1-2H3,(H,20,24)(H,21,25). The highest BCUT2D eigenvalue weighted by Crippen LogP contribution is 2.18. The summed E-state index contributed by atoms with van der Waals surface area (Å²) in [5, 5.41) is 3.83. The molecule has 0 spiro atoms. The summed E-state index contributed by atoms with van der Waals surface area (Å²) in [5.74, 6) is -1.48. The molecule has 2 N–H and O–H groups in total. The number of nitrogens with one attached hydrogen (secondary N) is 2. The van der Waals surface area contributed by atoms with Crippen molar-refractivity contribution in [3.05, 3.63) is 72.0 Å². The largest absolute Gasteiger partial charge is 0.350 e. The van der Waals surface area contributed by atoms with Gasteiger partial charge in [-0.3, -0.25) is 20.4 Å². The predicted molar refractivity (Wildman–Crippen MR) is 104 cm³/mol. The van der Waals surface area contributed by atoms with Gasteiger partial charge in [-0.05, 0) is 18.2 Å². The van der Waals surface area contributed by atoms with Gasteiger partial charge in [0.15, 0.2) is 0 Å². The molecule has 10 heteroatoms. The molecule has 29 heavy (non-hydrogen) atoms.